The number of nitriles is 1. The Balaban J connectivity index is 3.08. The summed E-state index contributed by atoms with van der Waals surface area (Å²) >= 11 is 0. The van der Waals surface area contributed by atoms with E-state index in [1.807, 2.05) is 6.07 Å². The molecule has 5 nitrogen and oxygen atoms in total. The van der Waals surface area contributed by atoms with Gasteiger partial charge >= 0.3 is 5.97 Å². The van der Waals surface area contributed by atoms with Gasteiger partial charge in [0.2, 0.25) is 0 Å². The third kappa shape index (κ3) is 2.06. The molecule has 0 bridgehead atoms. The molecule has 0 aliphatic carbocycles. The van der Waals surface area contributed by atoms with Gasteiger partial charge in [0.05, 0.1) is 18.1 Å². The molecule has 0 fully saturated rings. The van der Waals surface area contributed by atoms with Gasteiger partial charge in [0, 0.05) is 24.0 Å². The van der Waals surface area contributed by atoms with Crippen molar-refractivity contribution in [3.63, 3.8) is 0 Å². The molecule has 1 aromatic rings. The van der Waals surface area contributed by atoms with Gasteiger partial charge in [0.25, 0.3) is 0 Å². The summed E-state index contributed by atoms with van der Waals surface area (Å²) in [5.41, 5.74) is 6.11. The van der Waals surface area contributed by atoms with Crippen molar-refractivity contribution in [2.45, 2.75) is 12.5 Å². The molecule has 0 aliphatic heterocycles. The molecule has 3 N–H and O–H groups in total. The Morgan fingerprint density at radius 1 is 1.79 bits per heavy atom. The second-order valence-corrected chi connectivity index (χ2v) is 2.74. The smallest absolute Gasteiger partial charge is 0.336 e. The van der Waals surface area contributed by atoms with Gasteiger partial charge in [-0.25, -0.2) is 4.79 Å². The van der Waals surface area contributed by atoms with Crippen molar-refractivity contribution in [1.82, 2.24) is 4.98 Å². The molecule has 0 amide bonds. The predicted molar refractivity (Wildman–Crippen MR) is 48.4 cm³/mol. The van der Waals surface area contributed by atoms with Crippen molar-refractivity contribution < 1.29 is 9.90 Å². The number of nitrogens with two attached hydrogens (primary N) is 1. The van der Waals surface area contributed by atoms with E-state index < -0.39 is 12.0 Å². The van der Waals surface area contributed by atoms with Crippen LogP contribution in [-0.4, -0.2) is 16.1 Å². The first-order chi connectivity index (χ1) is 6.66. The Bertz CT molecular complexity index is 384. The summed E-state index contributed by atoms with van der Waals surface area (Å²) in [6.45, 7) is 0. The van der Waals surface area contributed by atoms with Gasteiger partial charge in [-0.2, -0.15) is 5.26 Å². The van der Waals surface area contributed by atoms with Crippen LogP contribution >= 0.6 is 0 Å². The zero-order chi connectivity index (χ0) is 10.6. The minimum Gasteiger partial charge on any atom is -0.478 e. The van der Waals surface area contributed by atoms with Crippen molar-refractivity contribution in [2.24, 2.45) is 5.73 Å². The molecule has 0 aromatic carbocycles. The van der Waals surface area contributed by atoms with Crippen LogP contribution in [0.4, 0.5) is 0 Å². The molecule has 1 rings (SSSR count). The van der Waals surface area contributed by atoms with Crippen molar-refractivity contribution in [3.8, 4) is 6.07 Å². The fourth-order valence-electron chi connectivity index (χ4n) is 1.11. The van der Waals surface area contributed by atoms with Gasteiger partial charge < -0.3 is 10.8 Å². The van der Waals surface area contributed by atoms with E-state index in [2.05, 4.69) is 4.98 Å². The number of rotatable bonds is 3. The highest BCUT2D eigenvalue weighted by molar-refractivity contribution is 5.89. The summed E-state index contributed by atoms with van der Waals surface area (Å²) in [7, 11) is 0. The van der Waals surface area contributed by atoms with Crippen LogP contribution in [0, 0.1) is 11.3 Å². The van der Waals surface area contributed by atoms with E-state index in [4.69, 9.17) is 16.1 Å². The molecule has 72 valence electrons. The lowest BCUT2D eigenvalue weighted by atomic mass is 10.0. The zero-order valence-electron chi connectivity index (χ0n) is 7.34. The second kappa shape index (κ2) is 4.35. The maximum absolute atomic E-state index is 10.8. The summed E-state index contributed by atoms with van der Waals surface area (Å²) in [5, 5.41) is 17.2. The molecular weight excluding hydrogens is 182 g/mol. The lowest BCUT2D eigenvalue weighted by molar-refractivity contribution is 0.0695. The van der Waals surface area contributed by atoms with E-state index in [1.165, 1.54) is 18.5 Å². The standard InChI is InChI=1S/C9H9N3O2/c10-3-1-8(11)7-5-12-4-2-6(7)9(13)14/h2,4-5,8H,1,11H2,(H,13,14). The predicted octanol–water partition coefficient (Wildman–Crippen LogP) is 0.693. The largest absolute Gasteiger partial charge is 0.478 e. The zero-order valence-corrected chi connectivity index (χ0v) is 7.34. The maximum atomic E-state index is 10.8. The minimum absolute atomic E-state index is 0.0754. The Morgan fingerprint density at radius 2 is 2.50 bits per heavy atom. The fourth-order valence-corrected chi connectivity index (χ4v) is 1.11. The highest BCUT2D eigenvalue weighted by Gasteiger charge is 2.15. The number of nitrogens with zero attached hydrogens (tertiary/aromatic N) is 2. The molecule has 0 spiro atoms. The minimum atomic E-state index is -1.06. The number of hydrogen-bond acceptors (Lipinski definition) is 4. The third-order valence-electron chi connectivity index (χ3n) is 1.79. The van der Waals surface area contributed by atoms with Crippen molar-refractivity contribution >= 4 is 5.97 Å². The highest BCUT2D eigenvalue weighted by atomic mass is 16.4. The number of aromatic carboxylic acids is 1. The summed E-state index contributed by atoms with van der Waals surface area (Å²) < 4.78 is 0. The molecule has 0 saturated heterocycles. The maximum Gasteiger partial charge on any atom is 0.336 e. The lowest BCUT2D eigenvalue weighted by Crippen LogP contribution is -2.14. The molecule has 1 atom stereocenters. The highest BCUT2D eigenvalue weighted by Crippen LogP contribution is 2.17. The van der Waals surface area contributed by atoms with Gasteiger partial charge in [-0.3, -0.25) is 4.98 Å². The van der Waals surface area contributed by atoms with E-state index in [9.17, 15) is 4.79 Å². The molecule has 5 heteroatoms. The van der Waals surface area contributed by atoms with Gasteiger partial charge in [0.15, 0.2) is 0 Å². The average molecular weight is 191 g/mol. The van der Waals surface area contributed by atoms with Crippen molar-refractivity contribution in [1.29, 1.82) is 5.26 Å². The summed E-state index contributed by atoms with van der Waals surface area (Å²) in [6.07, 6.45) is 2.84. The lowest BCUT2D eigenvalue weighted by Gasteiger charge is -2.09. The van der Waals surface area contributed by atoms with E-state index in [-0.39, 0.29) is 12.0 Å². The van der Waals surface area contributed by atoms with Crippen LogP contribution in [-0.2, 0) is 0 Å². The topological polar surface area (TPSA) is 100 Å². The Labute approximate surface area is 80.8 Å². The first kappa shape index (κ1) is 10.2. The van der Waals surface area contributed by atoms with Crippen LogP contribution < -0.4 is 5.73 Å². The van der Waals surface area contributed by atoms with E-state index >= 15 is 0 Å². The summed E-state index contributed by atoms with van der Waals surface area (Å²) in [6, 6.07) is 2.66. The number of aromatic nitrogens is 1. The second-order valence-electron chi connectivity index (χ2n) is 2.74. The molecule has 14 heavy (non-hydrogen) atoms. The van der Waals surface area contributed by atoms with Crippen molar-refractivity contribution in [3.05, 3.63) is 29.6 Å². The number of carboxylic acid groups (broad SMARTS) is 1. The fraction of sp³-hybridized carbons (Fsp3) is 0.222. The van der Waals surface area contributed by atoms with Crippen LogP contribution in [0.15, 0.2) is 18.5 Å². The molecule has 1 heterocycles. The first-order valence-electron chi connectivity index (χ1n) is 3.96. The quantitative estimate of drug-likeness (QED) is 0.732. The molecule has 1 unspecified atom stereocenters. The van der Waals surface area contributed by atoms with Crippen LogP contribution in [0.3, 0.4) is 0 Å². The molecule has 0 radical (unpaired) electrons. The first-order valence-corrected chi connectivity index (χ1v) is 3.96. The van der Waals surface area contributed by atoms with Crippen LogP contribution in [0.25, 0.3) is 0 Å². The Morgan fingerprint density at radius 3 is 3.07 bits per heavy atom. The van der Waals surface area contributed by atoms with Gasteiger partial charge in [-0.15, -0.1) is 0 Å². The van der Waals surface area contributed by atoms with E-state index in [1.54, 1.807) is 0 Å². The number of carboxylic acids is 1. The third-order valence-corrected chi connectivity index (χ3v) is 1.79. The van der Waals surface area contributed by atoms with Crippen LogP contribution in [0.2, 0.25) is 0 Å². The van der Waals surface area contributed by atoms with E-state index in [0.717, 1.165) is 0 Å². The van der Waals surface area contributed by atoms with Gasteiger partial charge in [-0.05, 0) is 6.07 Å². The molecule has 0 saturated carbocycles. The molecular formula is C9H9N3O2. The normalized spacial score (nSPS) is 11.7. The van der Waals surface area contributed by atoms with Gasteiger partial charge in [0.1, 0.15) is 0 Å². The monoisotopic (exact) mass is 191 g/mol. The molecule has 1 aromatic heterocycles. The summed E-state index contributed by atoms with van der Waals surface area (Å²) in [4.78, 5) is 14.5. The SMILES string of the molecule is N#CCC(N)c1cnccc1C(=O)O. The van der Waals surface area contributed by atoms with Crippen LogP contribution in [0.1, 0.15) is 28.4 Å². The van der Waals surface area contributed by atoms with Gasteiger partial charge in [-0.1, -0.05) is 0 Å². The number of hydrogen-bond donors (Lipinski definition) is 2. The Hall–Kier alpha value is -1.93. The van der Waals surface area contributed by atoms with Crippen LogP contribution in [0.5, 0.6) is 0 Å². The average Bonchev–Trinajstić information content (AvgIpc) is 2.18. The summed E-state index contributed by atoms with van der Waals surface area (Å²) in [5.74, 6) is -1.06. The number of carbonyl (C=O) groups is 1. The number of pyridine rings is 1. The van der Waals surface area contributed by atoms with E-state index in [0.29, 0.717) is 5.56 Å². The Kier molecular flexibility index (Phi) is 3.15. The van der Waals surface area contributed by atoms with Crippen molar-refractivity contribution in [2.75, 3.05) is 0 Å². The molecule has 0 aliphatic rings.